The van der Waals surface area contributed by atoms with Crippen LogP contribution in [0.4, 0.5) is 5.69 Å². The molecular formula is C21H22ClN3O2. The summed E-state index contributed by atoms with van der Waals surface area (Å²) in [5.41, 5.74) is 2.68. The minimum absolute atomic E-state index is 0.0999. The highest BCUT2D eigenvalue weighted by atomic mass is 35.5. The molecule has 0 fully saturated rings. The van der Waals surface area contributed by atoms with Crippen molar-refractivity contribution in [3.8, 4) is 11.3 Å². The van der Waals surface area contributed by atoms with E-state index in [0.717, 1.165) is 22.6 Å². The Kier molecular flexibility index (Phi) is 6.27. The lowest BCUT2D eigenvalue weighted by Gasteiger charge is -2.18. The molecule has 3 rings (SSSR count). The van der Waals surface area contributed by atoms with Gasteiger partial charge in [0.2, 0.25) is 11.8 Å². The van der Waals surface area contributed by atoms with E-state index in [1.54, 1.807) is 18.3 Å². The summed E-state index contributed by atoms with van der Waals surface area (Å²) >= 11 is 6.01. The molecule has 5 nitrogen and oxygen atoms in total. The van der Waals surface area contributed by atoms with Crippen LogP contribution in [-0.2, 0) is 11.3 Å². The number of anilines is 1. The molecular weight excluding hydrogens is 362 g/mol. The molecule has 1 heterocycles. The molecule has 0 saturated heterocycles. The number of carbonyl (C=O) groups is 1. The highest BCUT2D eigenvalue weighted by Gasteiger charge is 2.14. The third kappa shape index (κ3) is 5.18. The van der Waals surface area contributed by atoms with E-state index in [0.29, 0.717) is 24.0 Å². The number of aryl methyl sites for hydroxylation is 1. The van der Waals surface area contributed by atoms with Gasteiger partial charge in [-0.1, -0.05) is 54.9 Å². The van der Waals surface area contributed by atoms with Gasteiger partial charge in [-0.3, -0.25) is 9.69 Å². The summed E-state index contributed by atoms with van der Waals surface area (Å²) in [5, 5.41) is 3.51. The van der Waals surface area contributed by atoms with E-state index in [1.807, 2.05) is 55.1 Å². The highest BCUT2D eigenvalue weighted by molar-refractivity contribution is 6.31. The smallest absolute Gasteiger partial charge is 0.238 e. The number of aromatic nitrogens is 1. The lowest BCUT2D eigenvalue weighted by atomic mass is 10.2. The van der Waals surface area contributed by atoms with Crippen molar-refractivity contribution in [1.29, 1.82) is 0 Å². The van der Waals surface area contributed by atoms with Crippen molar-refractivity contribution in [2.75, 3.05) is 18.4 Å². The van der Waals surface area contributed by atoms with Gasteiger partial charge in [0, 0.05) is 16.3 Å². The average molecular weight is 384 g/mol. The molecule has 3 aromatic rings. The van der Waals surface area contributed by atoms with Crippen LogP contribution in [0.5, 0.6) is 0 Å². The molecule has 0 aliphatic heterocycles. The molecule has 0 radical (unpaired) electrons. The summed E-state index contributed by atoms with van der Waals surface area (Å²) in [6.07, 6.45) is 1.72. The van der Waals surface area contributed by atoms with Gasteiger partial charge in [-0.2, -0.15) is 0 Å². The van der Waals surface area contributed by atoms with Gasteiger partial charge < -0.3 is 9.73 Å². The van der Waals surface area contributed by atoms with Gasteiger partial charge in [0.25, 0.3) is 0 Å². The number of hydrogen-bond acceptors (Lipinski definition) is 4. The van der Waals surface area contributed by atoms with Crippen LogP contribution in [0, 0.1) is 6.92 Å². The topological polar surface area (TPSA) is 58.4 Å². The molecule has 0 saturated carbocycles. The second kappa shape index (κ2) is 8.84. The molecule has 6 heteroatoms. The Balaban J connectivity index is 1.61. The van der Waals surface area contributed by atoms with Gasteiger partial charge in [-0.25, -0.2) is 4.98 Å². The third-order valence-corrected chi connectivity index (χ3v) is 4.49. The first-order valence-corrected chi connectivity index (χ1v) is 9.21. The normalized spacial score (nSPS) is 11.0. The largest absolute Gasteiger partial charge is 0.439 e. The van der Waals surface area contributed by atoms with Crippen LogP contribution in [0.25, 0.3) is 11.3 Å². The van der Waals surface area contributed by atoms with Crippen LogP contribution in [0.15, 0.2) is 59.1 Å². The summed E-state index contributed by atoms with van der Waals surface area (Å²) in [4.78, 5) is 18.7. The third-order valence-electron chi connectivity index (χ3n) is 4.26. The van der Waals surface area contributed by atoms with Crippen LogP contribution < -0.4 is 5.32 Å². The van der Waals surface area contributed by atoms with Crippen molar-refractivity contribution in [2.45, 2.75) is 20.4 Å². The van der Waals surface area contributed by atoms with Gasteiger partial charge in [-0.05, 0) is 31.2 Å². The standard InChI is InChI=1S/C21H22ClN3O2/c1-3-25(13-20(26)24-18-11-17(22)10-9-15(18)2)14-21-23-12-19(27-21)16-7-5-4-6-8-16/h4-12H,3,13-14H2,1-2H3,(H,24,26). The second-order valence-corrected chi connectivity index (χ2v) is 6.73. The van der Waals surface area contributed by atoms with Gasteiger partial charge in [0.15, 0.2) is 5.76 Å². The minimum Gasteiger partial charge on any atom is -0.439 e. The number of amides is 1. The number of carbonyl (C=O) groups excluding carboxylic acids is 1. The van der Waals surface area contributed by atoms with Crippen molar-refractivity contribution in [3.63, 3.8) is 0 Å². The van der Waals surface area contributed by atoms with Crippen molar-refractivity contribution in [3.05, 3.63) is 71.2 Å². The van der Waals surface area contributed by atoms with Gasteiger partial charge in [0.05, 0.1) is 19.3 Å². The number of halogens is 1. The first kappa shape index (κ1) is 19.1. The van der Waals surface area contributed by atoms with E-state index in [1.165, 1.54) is 0 Å². The zero-order chi connectivity index (χ0) is 19.2. The molecule has 0 unspecified atom stereocenters. The molecule has 1 aromatic heterocycles. The molecule has 0 aliphatic rings. The molecule has 1 amide bonds. The van der Waals surface area contributed by atoms with Crippen molar-refractivity contribution < 1.29 is 9.21 Å². The maximum Gasteiger partial charge on any atom is 0.238 e. The Hall–Kier alpha value is -2.63. The van der Waals surface area contributed by atoms with E-state index in [9.17, 15) is 4.79 Å². The molecule has 2 aromatic carbocycles. The Morgan fingerprint density at radius 1 is 1.22 bits per heavy atom. The number of nitrogens with one attached hydrogen (secondary N) is 1. The number of hydrogen-bond donors (Lipinski definition) is 1. The summed E-state index contributed by atoms with van der Waals surface area (Å²) in [5.74, 6) is 1.21. The Bertz CT molecular complexity index is 909. The predicted molar refractivity (Wildman–Crippen MR) is 108 cm³/mol. The second-order valence-electron chi connectivity index (χ2n) is 6.29. The number of nitrogens with zero attached hydrogens (tertiary/aromatic N) is 2. The fourth-order valence-electron chi connectivity index (χ4n) is 2.71. The van der Waals surface area contributed by atoms with Crippen LogP contribution in [-0.4, -0.2) is 28.9 Å². The molecule has 140 valence electrons. The number of rotatable bonds is 7. The summed E-state index contributed by atoms with van der Waals surface area (Å²) < 4.78 is 5.83. The maximum absolute atomic E-state index is 12.4. The molecule has 0 bridgehead atoms. The quantitative estimate of drug-likeness (QED) is 0.638. The molecule has 0 atom stereocenters. The summed E-state index contributed by atoms with van der Waals surface area (Å²) in [6.45, 7) is 5.34. The van der Waals surface area contributed by atoms with Crippen LogP contribution in [0.2, 0.25) is 5.02 Å². The summed E-state index contributed by atoms with van der Waals surface area (Å²) in [6, 6.07) is 15.3. The van der Waals surface area contributed by atoms with Gasteiger partial charge in [-0.15, -0.1) is 0 Å². The molecule has 0 spiro atoms. The number of benzene rings is 2. The van der Waals surface area contributed by atoms with Crippen molar-refractivity contribution >= 4 is 23.2 Å². The van der Waals surface area contributed by atoms with E-state index >= 15 is 0 Å². The van der Waals surface area contributed by atoms with Gasteiger partial charge in [0.1, 0.15) is 0 Å². The zero-order valence-corrected chi connectivity index (χ0v) is 16.2. The van der Waals surface area contributed by atoms with Crippen LogP contribution in [0.3, 0.4) is 0 Å². The van der Waals surface area contributed by atoms with Gasteiger partial charge >= 0.3 is 0 Å². The highest BCUT2D eigenvalue weighted by Crippen LogP contribution is 2.21. The number of oxazole rings is 1. The van der Waals surface area contributed by atoms with E-state index in [-0.39, 0.29) is 12.5 Å². The summed E-state index contributed by atoms with van der Waals surface area (Å²) in [7, 11) is 0. The van der Waals surface area contributed by atoms with Crippen LogP contribution in [0.1, 0.15) is 18.4 Å². The molecule has 0 aliphatic carbocycles. The van der Waals surface area contributed by atoms with E-state index < -0.39 is 0 Å². The molecule has 1 N–H and O–H groups in total. The monoisotopic (exact) mass is 383 g/mol. The van der Waals surface area contributed by atoms with Crippen LogP contribution >= 0.6 is 11.6 Å². The number of likely N-dealkylation sites (N-methyl/N-ethyl adjacent to an activating group) is 1. The van der Waals surface area contributed by atoms with E-state index in [2.05, 4.69) is 10.3 Å². The first-order valence-electron chi connectivity index (χ1n) is 8.83. The lowest BCUT2D eigenvalue weighted by Crippen LogP contribution is -2.33. The maximum atomic E-state index is 12.4. The first-order chi connectivity index (χ1) is 13.0. The Morgan fingerprint density at radius 3 is 2.74 bits per heavy atom. The van der Waals surface area contributed by atoms with E-state index in [4.69, 9.17) is 16.0 Å². The predicted octanol–water partition coefficient (Wildman–Crippen LogP) is 4.76. The average Bonchev–Trinajstić information content (AvgIpc) is 3.13. The van der Waals surface area contributed by atoms with Crippen molar-refractivity contribution in [2.24, 2.45) is 0 Å². The molecule has 27 heavy (non-hydrogen) atoms. The SMILES string of the molecule is CCN(CC(=O)Nc1cc(Cl)ccc1C)Cc1ncc(-c2ccccc2)o1. The Labute approximate surface area is 164 Å². The Morgan fingerprint density at radius 2 is 2.00 bits per heavy atom. The lowest BCUT2D eigenvalue weighted by molar-refractivity contribution is -0.117. The fourth-order valence-corrected chi connectivity index (χ4v) is 2.88. The fraction of sp³-hybridized carbons (Fsp3) is 0.238. The van der Waals surface area contributed by atoms with Crippen molar-refractivity contribution in [1.82, 2.24) is 9.88 Å². The zero-order valence-electron chi connectivity index (χ0n) is 15.4. The minimum atomic E-state index is -0.0999.